The van der Waals surface area contributed by atoms with Crippen molar-refractivity contribution in [1.29, 1.82) is 0 Å². The van der Waals surface area contributed by atoms with Crippen LogP contribution in [0, 0.1) is 6.92 Å². The van der Waals surface area contributed by atoms with Gasteiger partial charge in [-0.1, -0.05) is 25.1 Å². The molecule has 0 fully saturated rings. The third-order valence-electron chi connectivity index (χ3n) is 2.70. The zero-order chi connectivity index (χ0) is 13.0. The third-order valence-corrected chi connectivity index (χ3v) is 2.70. The quantitative estimate of drug-likeness (QED) is 0.823. The third kappa shape index (κ3) is 2.42. The van der Waals surface area contributed by atoms with E-state index in [1.54, 1.807) is 10.9 Å². The molecule has 0 saturated carbocycles. The smallest absolute Gasteiger partial charge is 0.280 e. The number of hydrogen-bond donors (Lipinski definition) is 1. The van der Waals surface area contributed by atoms with Crippen molar-refractivity contribution in [1.82, 2.24) is 9.78 Å². The van der Waals surface area contributed by atoms with E-state index in [4.69, 9.17) is 0 Å². The zero-order valence-electron chi connectivity index (χ0n) is 10.7. The van der Waals surface area contributed by atoms with Crippen LogP contribution in [0.15, 0.2) is 40.1 Å². The molecule has 1 heterocycles. The van der Waals surface area contributed by atoms with Crippen LogP contribution in [0.5, 0.6) is 0 Å². The number of aryl methyl sites for hydroxylation is 1. The van der Waals surface area contributed by atoms with Gasteiger partial charge in [-0.15, -0.1) is 0 Å². The van der Waals surface area contributed by atoms with Gasteiger partial charge in [-0.25, -0.2) is 4.68 Å². The average Bonchev–Trinajstić information content (AvgIpc) is 2.68. The van der Waals surface area contributed by atoms with Crippen LogP contribution < -0.4 is 5.56 Å². The summed E-state index contributed by atoms with van der Waals surface area (Å²) in [4.78, 5) is 16.5. The van der Waals surface area contributed by atoms with Gasteiger partial charge in [0, 0.05) is 18.5 Å². The number of hydrogen-bond acceptors (Lipinski definition) is 2. The van der Waals surface area contributed by atoms with Crippen molar-refractivity contribution in [2.24, 2.45) is 4.99 Å². The molecule has 0 atom stereocenters. The highest BCUT2D eigenvalue weighted by molar-refractivity contribution is 5.80. The van der Waals surface area contributed by atoms with E-state index in [0.717, 1.165) is 24.3 Å². The molecule has 94 valence electrons. The zero-order valence-corrected chi connectivity index (χ0v) is 10.7. The molecule has 2 rings (SSSR count). The number of benzene rings is 1. The maximum Gasteiger partial charge on any atom is 0.280 e. The summed E-state index contributed by atoms with van der Waals surface area (Å²) in [6.45, 7) is 4.69. The van der Waals surface area contributed by atoms with Gasteiger partial charge in [0.25, 0.3) is 5.56 Å². The molecule has 0 spiro atoms. The Hall–Kier alpha value is -2.10. The summed E-state index contributed by atoms with van der Waals surface area (Å²) in [5, 5.41) is 3.07. The van der Waals surface area contributed by atoms with Crippen molar-refractivity contribution >= 4 is 6.21 Å². The second-order valence-corrected chi connectivity index (χ2v) is 4.16. The Labute approximate surface area is 106 Å². The van der Waals surface area contributed by atoms with Gasteiger partial charge in [0.05, 0.1) is 11.3 Å². The molecule has 0 unspecified atom stereocenters. The largest absolute Gasteiger partial charge is 0.295 e. The van der Waals surface area contributed by atoms with E-state index in [0.29, 0.717) is 5.56 Å². The fourth-order valence-electron chi connectivity index (χ4n) is 1.76. The number of rotatable bonds is 4. The van der Waals surface area contributed by atoms with Gasteiger partial charge in [0.1, 0.15) is 0 Å². The lowest BCUT2D eigenvalue weighted by molar-refractivity contribution is 0.835. The minimum Gasteiger partial charge on any atom is -0.295 e. The highest BCUT2D eigenvalue weighted by Gasteiger charge is 2.09. The lowest BCUT2D eigenvalue weighted by atomic mass is 10.3. The van der Waals surface area contributed by atoms with Crippen LogP contribution in [0.4, 0.5) is 0 Å². The number of para-hydroxylation sites is 1. The molecule has 0 amide bonds. The summed E-state index contributed by atoms with van der Waals surface area (Å²) in [6.07, 6.45) is 2.64. The van der Waals surface area contributed by atoms with Crippen LogP contribution >= 0.6 is 0 Å². The van der Waals surface area contributed by atoms with E-state index in [1.165, 1.54) is 0 Å². The molecule has 1 aromatic heterocycles. The topological polar surface area (TPSA) is 50.1 Å². The fourth-order valence-corrected chi connectivity index (χ4v) is 1.76. The average molecular weight is 243 g/mol. The highest BCUT2D eigenvalue weighted by atomic mass is 16.1. The Morgan fingerprint density at radius 2 is 2.06 bits per heavy atom. The first kappa shape index (κ1) is 12.4. The SMILES string of the molecule is CCCN=Cc1c(C)[nH]n(-c2ccccc2)c1=O. The molecule has 2 aromatic rings. The summed E-state index contributed by atoms with van der Waals surface area (Å²) in [6, 6.07) is 9.52. The van der Waals surface area contributed by atoms with Gasteiger partial charge in [0.15, 0.2) is 0 Å². The summed E-state index contributed by atoms with van der Waals surface area (Å²) < 4.78 is 1.54. The lowest BCUT2D eigenvalue weighted by Gasteiger charge is -1.99. The Morgan fingerprint density at radius 3 is 2.72 bits per heavy atom. The molecule has 4 heteroatoms. The van der Waals surface area contributed by atoms with E-state index >= 15 is 0 Å². The monoisotopic (exact) mass is 243 g/mol. The van der Waals surface area contributed by atoms with E-state index in [9.17, 15) is 4.79 Å². The molecule has 1 aromatic carbocycles. The number of aromatic nitrogens is 2. The summed E-state index contributed by atoms with van der Waals surface area (Å²) >= 11 is 0. The van der Waals surface area contributed by atoms with Gasteiger partial charge < -0.3 is 0 Å². The van der Waals surface area contributed by atoms with Crippen molar-refractivity contribution in [2.45, 2.75) is 20.3 Å². The van der Waals surface area contributed by atoms with Gasteiger partial charge >= 0.3 is 0 Å². The molecule has 0 aliphatic carbocycles. The van der Waals surface area contributed by atoms with Crippen molar-refractivity contribution < 1.29 is 0 Å². The second kappa shape index (κ2) is 5.49. The minimum absolute atomic E-state index is 0.0569. The lowest BCUT2D eigenvalue weighted by Crippen LogP contribution is -2.17. The first-order chi connectivity index (χ1) is 8.74. The first-order valence-electron chi connectivity index (χ1n) is 6.11. The normalized spacial score (nSPS) is 11.2. The van der Waals surface area contributed by atoms with Crippen LogP contribution in [0.2, 0.25) is 0 Å². The van der Waals surface area contributed by atoms with E-state index < -0.39 is 0 Å². The molecule has 18 heavy (non-hydrogen) atoms. The molecule has 0 aliphatic rings. The Bertz CT molecular complexity index is 593. The van der Waals surface area contributed by atoms with Crippen LogP contribution in [-0.2, 0) is 0 Å². The molecule has 4 nitrogen and oxygen atoms in total. The Kier molecular flexibility index (Phi) is 3.77. The molecular weight excluding hydrogens is 226 g/mol. The molecule has 1 N–H and O–H groups in total. The predicted molar refractivity (Wildman–Crippen MR) is 73.9 cm³/mol. The summed E-state index contributed by atoms with van der Waals surface area (Å²) in [5.74, 6) is 0. The number of nitrogens with zero attached hydrogens (tertiary/aromatic N) is 2. The Balaban J connectivity index is 2.42. The first-order valence-corrected chi connectivity index (χ1v) is 6.11. The number of H-pyrrole nitrogens is 1. The van der Waals surface area contributed by atoms with Crippen molar-refractivity contribution in [3.05, 3.63) is 51.9 Å². The maximum absolute atomic E-state index is 12.2. The van der Waals surface area contributed by atoms with Crippen LogP contribution in [0.3, 0.4) is 0 Å². The molecule has 0 radical (unpaired) electrons. The van der Waals surface area contributed by atoms with Crippen LogP contribution in [-0.4, -0.2) is 22.5 Å². The number of aromatic amines is 1. The van der Waals surface area contributed by atoms with Gasteiger partial charge in [0.2, 0.25) is 0 Å². The van der Waals surface area contributed by atoms with Crippen molar-refractivity contribution in [2.75, 3.05) is 6.54 Å². The standard InChI is InChI=1S/C14H17N3O/c1-3-9-15-10-13-11(2)16-17(14(13)18)12-7-5-4-6-8-12/h4-8,10,16H,3,9H2,1-2H3. The van der Waals surface area contributed by atoms with Gasteiger partial charge in [-0.3, -0.25) is 14.9 Å². The molecule has 0 saturated heterocycles. The van der Waals surface area contributed by atoms with Crippen molar-refractivity contribution in [3.8, 4) is 5.69 Å². The number of nitrogens with one attached hydrogen (secondary N) is 1. The van der Waals surface area contributed by atoms with Gasteiger partial charge in [-0.05, 0) is 25.5 Å². The van der Waals surface area contributed by atoms with E-state index in [1.807, 2.05) is 37.3 Å². The fraction of sp³-hybridized carbons (Fsp3) is 0.286. The maximum atomic E-state index is 12.2. The molecular formula is C14H17N3O. The highest BCUT2D eigenvalue weighted by Crippen LogP contribution is 2.05. The van der Waals surface area contributed by atoms with Crippen LogP contribution in [0.25, 0.3) is 5.69 Å². The Morgan fingerprint density at radius 1 is 1.33 bits per heavy atom. The summed E-state index contributed by atoms with van der Waals surface area (Å²) in [5.41, 5.74) is 2.25. The summed E-state index contributed by atoms with van der Waals surface area (Å²) in [7, 11) is 0. The van der Waals surface area contributed by atoms with E-state index in [2.05, 4.69) is 17.0 Å². The van der Waals surface area contributed by atoms with E-state index in [-0.39, 0.29) is 5.56 Å². The second-order valence-electron chi connectivity index (χ2n) is 4.16. The van der Waals surface area contributed by atoms with Crippen molar-refractivity contribution in [3.63, 3.8) is 0 Å². The molecule has 0 bridgehead atoms. The predicted octanol–water partition coefficient (Wildman–Crippen LogP) is 2.30. The van der Waals surface area contributed by atoms with Crippen LogP contribution in [0.1, 0.15) is 24.6 Å². The molecule has 0 aliphatic heterocycles. The van der Waals surface area contributed by atoms with Gasteiger partial charge in [-0.2, -0.15) is 0 Å². The minimum atomic E-state index is -0.0569. The number of aliphatic imine (C=N–C) groups is 1.